The summed E-state index contributed by atoms with van der Waals surface area (Å²) in [4.78, 5) is 2.81. The molecular formula is C13H15Br2NS2. The molecule has 1 unspecified atom stereocenters. The fourth-order valence-electron chi connectivity index (χ4n) is 1.76. The van der Waals surface area contributed by atoms with Gasteiger partial charge in [-0.1, -0.05) is 6.92 Å². The van der Waals surface area contributed by atoms with E-state index in [2.05, 4.69) is 67.7 Å². The summed E-state index contributed by atoms with van der Waals surface area (Å²) in [6.45, 7) is 3.26. The highest BCUT2D eigenvalue weighted by molar-refractivity contribution is 9.11. The van der Waals surface area contributed by atoms with E-state index in [1.807, 2.05) is 22.7 Å². The van der Waals surface area contributed by atoms with Gasteiger partial charge >= 0.3 is 0 Å². The predicted octanol–water partition coefficient (Wildman–Crippen LogP) is 5.62. The van der Waals surface area contributed by atoms with Crippen LogP contribution in [0.2, 0.25) is 0 Å². The van der Waals surface area contributed by atoms with Crippen molar-refractivity contribution in [2.45, 2.75) is 25.8 Å². The SMILES string of the molecule is CCCNC(Cc1sccc1Br)c1ccc(Br)s1. The predicted molar refractivity (Wildman–Crippen MR) is 88.8 cm³/mol. The van der Waals surface area contributed by atoms with Crippen molar-refractivity contribution in [1.29, 1.82) is 0 Å². The van der Waals surface area contributed by atoms with Gasteiger partial charge in [-0.25, -0.2) is 0 Å². The second-order valence-electron chi connectivity index (χ2n) is 4.04. The summed E-state index contributed by atoms with van der Waals surface area (Å²) in [5, 5.41) is 5.78. The molecule has 0 radical (unpaired) electrons. The zero-order valence-electron chi connectivity index (χ0n) is 10.1. The van der Waals surface area contributed by atoms with E-state index in [9.17, 15) is 0 Å². The lowest BCUT2D eigenvalue weighted by molar-refractivity contribution is 0.539. The molecule has 5 heteroatoms. The van der Waals surface area contributed by atoms with Gasteiger partial charge in [-0.05, 0) is 68.4 Å². The van der Waals surface area contributed by atoms with Gasteiger partial charge in [0, 0.05) is 26.7 Å². The third kappa shape index (κ3) is 3.90. The zero-order chi connectivity index (χ0) is 13.0. The smallest absolute Gasteiger partial charge is 0.0701 e. The van der Waals surface area contributed by atoms with E-state index < -0.39 is 0 Å². The standard InChI is InChI=1S/C13H15Br2NS2/c1-2-6-16-10(11-3-4-13(15)18-11)8-12-9(14)5-7-17-12/h3-5,7,10,16H,2,6,8H2,1H3. The van der Waals surface area contributed by atoms with Crippen LogP contribution in [0.15, 0.2) is 31.8 Å². The second kappa shape index (κ2) is 7.20. The highest BCUT2D eigenvalue weighted by Crippen LogP contribution is 2.32. The van der Waals surface area contributed by atoms with Crippen LogP contribution in [0, 0.1) is 0 Å². The Hall–Kier alpha value is 0.320. The summed E-state index contributed by atoms with van der Waals surface area (Å²) in [7, 11) is 0. The van der Waals surface area contributed by atoms with Gasteiger partial charge in [0.25, 0.3) is 0 Å². The van der Waals surface area contributed by atoms with E-state index in [-0.39, 0.29) is 0 Å². The molecule has 0 aromatic carbocycles. The molecule has 0 aliphatic heterocycles. The molecule has 2 aromatic heterocycles. The first kappa shape index (κ1) is 14.7. The average molecular weight is 409 g/mol. The van der Waals surface area contributed by atoms with Crippen LogP contribution in [0.1, 0.15) is 29.1 Å². The van der Waals surface area contributed by atoms with Crippen LogP contribution in [-0.4, -0.2) is 6.54 Å². The maximum absolute atomic E-state index is 3.64. The highest BCUT2D eigenvalue weighted by Gasteiger charge is 2.15. The van der Waals surface area contributed by atoms with E-state index in [4.69, 9.17) is 0 Å². The topological polar surface area (TPSA) is 12.0 Å². The summed E-state index contributed by atoms with van der Waals surface area (Å²) < 4.78 is 2.43. The summed E-state index contributed by atoms with van der Waals surface area (Å²) in [5.74, 6) is 0. The van der Waals surface area contributed by atoms with Gasteiger partial charge in [0.05, 0.1) is 3.79 Å². The Kier molecular flexibility index (Phi) is 5.89. The second-order valence-corrected chi connectivity index (χ2v) is 8.39. The molecule has 0 fully saturated rings. The van der Waals surface area contributed by atoms with Crippen LogP contribution in [0.5, 0.6) is 0 Å². The molecule has 0 amide bonds. The van der Waals surface area contributed by atoms with Gasteiger partial charge in [-0.2, -0.15) is 0 Å². The molecule has 0 bridgehead atoms. The minimum Gasteiger partial charge on any atom is -0.309 e. The molecule has 1 nitrogen and oxygen atoms in total. The lowest BCUT2D eigenvalue weighted by atomic mass is 10.1. The normalized spacial score (nSPS) is 12.8. The molecule has 1 N–H and O–H groups in total. The molecule has 1 atom stereocenters. The molecule has 2 heterocycles. The van der Waals surface area contributed by atoms with Crippen LogP contribution in [0.4, 0.5) is 0 Å². The number of nitrogens with one attached hydrogen (secondary N) is 1. The first-order valence-electron chi connectivity index (χ1n) is 5.91. The molecule has 98 valence electrons. The lowest BCUT2D eigenvalue weighted by Gasteiger charge is -2.16. The number of hydrogen-bond donors (Lipinski definition) is 1. The van der Waals surface area contributed by atoms with Crippen LogP contribution >= 0.6 is 54.5 Å². The van der Waals surface area contributed by atoms with Crippen LogP contribution in [-0.2, 0) is 6.42 Å². The third-order valence-corrected chi connectivity index (χ3v) is 6.34. The Balaban J connectivity index is 2.12. The van der Waals surface area contributed by atoms with Gasteiger partial charge in [0.15, 0.2) is 0 Å². The fraction of sp³-hybridized carbons (Fsp3) is 0.385. The Bertz CT molecular complexity index is 493. The molecule has 0 spiro atoms. The molecule has 0 saturated carbocycles. The monoisotopic (exact) mass is 407 g/mol. The van der Waals surface area contributed by atoms with Crippen molar-refractivity contribution >= 4 is 54.5 Å². The number of halogens is 2. The lowest BCUT2D eigenvalue weighted by Crippen LogP contribution is -2.23. The largest absolute Gasteiger partial charge is 0.309 e. The molecular weight excluding hydrogens is 394 g/mol. The maximum atomic E-state index is 3.64. The molecule has 2 rings (SSSR count). The van der Waals surface area contributed by atoms with Crippen LogP contribution in [0.3, 0.4) is 0 Å². The molecule has 0 aliphatic carbocycles. The Morgan fingerprint density at radius 2 is 2.11 bits per heavy atom. The van der Waals surface area contributed by atoms with Crippen molar-refractivity contribution in [2.24, 2.45) is 0 Å². The Morgan fingerprint density at radius 3 is 2.67 bits per heavy atom. The van der Waals surface area contributed by atoms with Gasteiger partial charge in [-0.3, -0.25) is 0 Å². The first-order valence-corrected chi connectivity index (χ1v) is 9.19. The van der Waals surface area contributed by atoms with E-state index in [0.29, 0.717) is 6.04 Å². The van der Waals surface area contributed by atoms with Crippen LogP contribution in [0.25, 0.3) is 0 Å². The number of thiophene rings is 2. The highest BCUT2D eigenvalue weighted by atomic mass is 79.9. The summed E-state index contributed by atoms with van der Waals surface area (Å²) in [5.41, 5.74) is 0. The van der Waals surface area contributed by atoms with Crippen molar-refractivity contribution in [3.63, 3.8) is 0 Å². The first-order chi connectivity index (χ1) is 8.70. The Labute approximate surface area is 133 Å². The molecule has 0 saturated heterocycles. The minimum absolute atomic E-state index is 0.413. The van der Waals surface area contributed by atoms with E-state index >= 15 is 0 Å². The molecule has 2 aromatic rings. The fourth-order valence-corrected chi connectivity index (χ4v) is 4.82. The van der Waals surface area contributed by atoms with Crippen molar-refractivity contribution in [3.8, 4) is 0 Å². The van der Waals surface area contributed by atoms with Crippen molar-refractivity contribution in [3.05, 3.63) is 41.6 Å². The van der Waals surface area contributed by atoms with Gasteiger partial charge in [-0.15, -0.1) is 22.7 Å². The van der Waals surface area contributed by atoms with E-state index in [1.165, 1.54) is 18.0 Å². The van der Waals surface area contributed by atoms with Gasteiger partial charge in [0.1, 0.15) is 0 Å². The minimum atomic E-state index is 0.413. The summed E-state index contributed by atoms with van der Waals surface area (Å²) in [6.07, 6.45) is 2.21. The van der Waals surface area contributed by atoms with Crippen LogP contribution < -0.4 is 5.32 Å². The van der Waals surface area contributed by atoms with Gasteiger partial charge in [0.2, 0.25) is 0 Å². The summed E-state index contributed by atoms with van der Waals surface area (Å²) >= 11 is 10.8. The quantitative estimate of drug-likeness (QED) is 0.654. The van der Waals surface area contributed by atoms with Crippen molar-refractivity contribution < 1.29 is 0 Å². The van der Waals surface area contributed by atoms with E-state index in [1.54, 1.807) is 0 Å². The third-order valence-electron chi connectivity index (χ3n) is 2.66. The molecule has 18 heavy (non-hydrogen) atoms. The van der Waals surface area contributed by atoms with Crippen molar-refractivity contribution in [1.82, 2.24) is 5.32 Å². The number of rotatable bonds is 6. The Morgan fingerprint density at radius 1 is 1.28 bits per heavy atom. The van der Waals surface area contributed by atoms with Gasteiger partial charge < -0.3 is 5.32 Å². The zero-order valence-corrected chi connectivity index (χ0v) is 14.9. The average Bonchev–Trinajstić information content (AvgIpc) is 2.94. The van der Waals surface area contributed by atoms with Crippen molar-refractivity contribution in [2.75, 3.05) is 6.54 Å². The number of hydrogen-bond acceptors (Lipinski definition) is 3. The molecule has 0 aliphatic rings. The summed E-state index contributed by atoms with van der Waals surface area (Å²) in [6, 6.07) is 6.88. The maximum Gasteiger partial charge on any atom is 0.0701 e. The van der Waals surface area contributed by atoms with E-state index in [0.717, 1.165) is 19.4 Å².